The van der Waals surface area contributed by atoms with E-state index < -0.39 is 26.6 Å². The van der Waals surface area contributed by atoms with Crippen LogP contribution in [0.25, 0.3) is 0 Å². The fourth-order valence-electron chi connectivity index (χ4n) is 1.24. The zero-order chi connectivity index (χ0) is 13.3. The molecular formula is C9H7F2N3O3S. The van der Waals surface area contributed by atoms with Crippen molar-refractivity contribution in [3.05, 3.63) is 36.1 Å². The molecule has 96 valence electrons. The molecule has 0 unspecified atom stereocenters. The molecule has 1 aromatic heterocycles. The summed E-state index contributed by atoms with van der Waals surface area (Å²) in [6, 6.07) is 2.70. The molecule has 0 bridgehead atoms. The first-order chi connectivity index (χ1) is 8.40. The first-order valence-corrected chi connectivity index (χ1v) is 6.06. The van der Waals surface area contributed by atoms with Crippen LogP contribution in [-0.2, 0) is 10.0 Å². The average molecular weight is 275 g/mol. The minimum absolute atomic E-state index is 0.155. The number of benzene rings is 1. The second-order valence-corrected chi connectivity index (χ2v) is 4.96. The van der Waals surface area contributed by atoms with Gasteiger partial charge >= 0.3 is 0 Å². The Morgan fingerprint density at radius 2 is 2.06 bits per heavy atom. The molecule has 0 aliphatic carbocycles. The molecule has 3 N–H and O–H groups in total. The van der Waals surface area contributed by atoms with Crippen LogP contribution in [0.2, 0.25) is 0 Å². The molecule has 0 saturated carbocycles. The summed E-state index contributed by atoms with van der Waals surface area (Å²) in [7, 11) is -4.33. The lowest BCUT2D eigenvalue weighted by Gasteiger charge is -2.07. The number of hydrogen-bond donors (Lipinski definition) is 2. The van der Waals surface area contributed by atoms with Gasteiger partial charge in [0.1, 0.15) is 11.2 Å². The summed E-state index contributed by atoms with van der Waals surface area (Å²) in [4.78, 5) is -0.900. The SMILES string of the molecule is Nc1cc(F)c(F)c(S(=O)(=O)Nc2ccon2)c1. The van der Waals surface area contributed by atoms with Crippen molar-refractivity contribution >= 4 is 21.5 Å². The van der Waals surface area contributed by atoms with Crippen molar-refractivity contribution in [3.63, 3.8) is 0 Å². The molecule has 1 heterocycles. The number of anilines is 2. The summed E-state index contributed by atoms with van der Waals surface area (Å²) >= 11 is 0. The van der Waals surface area contributed by atoms with E-state index >= 15 is 0 Å². The minimum atomic E-state index is -4.33. The topological polar surface area (TPSA) is 98.2 Å². The number of nitrogens with zero attached hydrogens (tertiary/aromatic N) is 1. The van der Waals surface area contributed by atoms with E-state index in [4.69, 9.17) is 5.73 Å². The molecule has 0 aliphatic rings. The molecule has 0 amide bonds. The highest BCUT2D eigenvalue weighted by Crippen LogP contribution is 2.22. The maximum Gasteiger partial charge on any atom is 0.266 e. The number of nitrogen functional groups attached to an aromatic ring is 1. The van der Waals surface area contributed by atoms with E-state index in [0.717, 1.165) is 12.3 Å². The first kappa shape index (κ1) is 12.3. The molecule has 0 aliphatic heterocycles. The van der Waals surface area contributed by atoms with Crippen LogP contribution >= 0.6 is 0 Å². The Balaban J connectivity index is 2.48. The summed E-state index contributed by atoms with van der Waals surface area (Å²) in [5.41, 5.74) is 5.05. The third kappa shape index (κ3) is 2.25. The van der Waals surface area contributed by atoms with E-state index in [9.17, 15) is 17.2 Å². The van der Waals surface area contributed by atoms with Crippen LogP contribution in [0, 0.1) is 11.6 Å². The van der Waals surface area contributed by atoms with Gasteiger partial charge in [-0.05, 0) is 12.1 Å². The molecule has 2 aromatic rings. The van der Waals surface area contributed by atoms with Gasteiger partial charge in [-0.1, -0.05) is 5.16 Å². The Bertz CT molecular complexity index is 671. The van der Waals surface area contributed by atoms with E-state index in [0.29, 0.717) is 6.07 Å². The molecule has 0 atom stereocenters. The number of rotatable bonds is 3. The lowest BCUT2D eigenvalue weighted by molar-refractivity contribution is 0.423. The number of aromatic nitrogens is 1. The predicted octanol–water partition coefficient (Wildman–Crippen LogP) is 1.34. The second-order valence-electron chi connectivity index (χ2n) is 3.31. The smallest absolute Gasteiger partial charge is 0.266 e. The molecule has 1 aromatic carbocycles. The highest BCUT2D eigenvalue weighted by Gasteiger charge is 2.23. The Morgan fingerprint density at radius 3 is 2.67 bits per heavy atom. The van der Waals surface area contributed by atoms with Gasteiger partial charge in [0.05, 0.1) is 0 Å². The number of sulfonamides is 1. The zero-order valence-electron chi connectivity index (χ0n) is 8.72. The molecular weight excluding hydrogens is 268 g/mol. The third-order valence-corrected chi connectivity index (χ3v) is 3.34. The number of nitrogens with one attached hydrogen (secondary N) is 1. The van der Waals surface area contributed by atoms with Crippen LogP contribution in [0.3, 0.4) is 0 Å². The minimum Gasteiger partial charge on any atom is -0.399 e. The zero-order valence-corrected chi connectivity index (χ0v) is 9.54. The van der Waals surface area contributed by atoms with E-state index in [2.05, 4.69) is 9.68 Å². The van der Waals surface area contributed by atoms with E-state index in [-0.39, 0.29) is 11.5 Å². The van der Waals surface area contributed by atoms with Crippen molar-refractivity contribution in [3.8, 4) is 0 Å². The van der Waals surface area contributed by atoms with Crippen LogP contribution in [0.5, 0.6) is 0 Å². The van der Waals surface area contributed by atoms with Crippen molar-refractivity contribution in [2.45, 2.75) is 4.90 Å². The Kier molecular flexibility index (Phi) is 2.91. The van der Waals surface area contributed by atoms with E-state index in [1.165, 1.54) is 6.07 Å². The monoisotopic (exact) mass is 275 g/mol. The fourth-order valence-corrected chi connectivity index (χ4v) is 2.35. The highest BCUT2D eigenvalue weighted by atomic mass is 32.2. The number of hydrogen-bond acceptors (Lipinski definition) is 5. The van der Waals surface area contributed by atoms with Gasteiger partial charge in [0.2, 0.25) is 0 Å². The van der Waals surface area contributed by atoms with Crippen molar-refractivity contribution in [1.29, 1.82) is 0 Å². The molecule has 18 heavy (non-hydrogen) atoms. The molecule has 0 fully saturated rings. The molecule has 0 spiro atoms. The van der Waals surface area contributed by atoms with Gasteiger partial charge in [-0.25, -0.2) is 17.2 Å². The third-order valence-electron chi connectivity index (χ3n) is 1.98. The first-order valence-electron chi connectivity index (χ1n) is 4.58. The standard InChI is InChI=1S/C9H7F2N3O3S/c10-6-3-5(12)4-7(9(6)11)18(15,16)14-8-1-2-17-13-8/h1-4H,12H2,(H,13,14). The summed E-state index contributed by atoms with van der Waals surface area (Å²) in [5, 5.41) is 3.29. The lowest BCUT2D eigenvalue weighted by Crippen LogP contribution is -2.16. The molecule has 2 rings (SSSR count). The molecule has 6 nitrogen and oxygen atoms in total. The van der Waals surface area contributed by atoms with Crippen LogP contribution < -0.4 is 10.5 Å². The van der Waals surface area contributed by atoms with Gasteiger partial charge in [-0.15, -0.1) is 0 Å². The van der Waals surface area contributed by atoms with Gasteiger partial charge in [0, 0.05) is 11.8 Å². The summed E-state index contributed by atoms with van der Waals surface area (Å²) in [5.74, 6) is -3.02. The van der Waals surface area contributed by atoms with Gasteiger partial charge in [0.15, 0.2) is 17.5 Å². The van der Waals surface area contributed by atoms with Gasteiger partial charge < -0.3 is 10.3 Å². The fraction of sp³-hybridized carbons (Fsp3) is 0. The predicted molar refractivity (Wildman–Crippen MR) is 58.1 cm³/mol. The quantitative estimate of drug-likeness (QED) is 0.823. The molecule has 9 heteroatoms. The molecule has 0 radical (unpaired) electrons. The lowest BCUT2D eigenvalue weighted by atomic mass is 10.3. The van der Waals surface area contributed by atoms with Gasteiger partial charge in [-0.3, -0.25) is 4.72 Å². The number of nitrogens with two attached hydrogens (primary N) is 1. The average Bonchev–Trinajstić information content (AvgIpc) is 2.75. The van der Waals surface area contributed by atoms with Crippen LogP contribution in [-0.4, -0.2) is 13.6 Å². The Morgan fingerprint density at radius 1 is 1.33 bits per heavy atom. The summed E-state index contributed by atoms with van der Waals surface area (Å²) < 4.78 is 56.3. The second kappa shape index (κ2) is 4.26. The van der Waals surface area contributed by atoms with Crippen molar-refractivity contribution in [2.24, 2.45) is 0 Å². The normalized spacial score (nSPS) is 11.4. The van der Waals surface area contributed by atoms with Gasteiger partial charge in [0.25, 0.3) is 10.0 Å². The maximum atomic E-state index is 13.4. The maximum absolute atomic E-state index is 13.4. The summed E-state index contributed by atoms with van der Waals surface area (Å²) in [6.45, 7) is 0. The Hall–Kier alpha value is -2.16. The van der Waals surface area contributed by atoms with E-state index in [1.807, 2.05) is 4.72 Å². The largest absolute Gasteiger partial charge is 0.399 e. The van der Waals surface area contributed by atoms with Crippen LogP contribution in [0.1, 0.15) is 0 Å². The van der Waals surface area contributed by atoms with Crippen molar-refractivity contribution in [2.75, 3.05) is 10.5 Å². The van der Waals surface area contributed by atoms with Crippen molar-refractivity contribution in [1.82, 2.24) is 5.16 Å². The van der Waals surface area contributed by atoms with Crippen LogP contribution in [0.4, 0.5) is 20.3 Å². The van der Waals surface area contributed by atoms with E-state index in [1.54, 1.807) is 0 Å². The summed E-state index contributed by atoms with van der Waals surface area (Å²) in [6.07, 6.45) is 1.12. The number of halogens is 2. The van der Waals surface area contributed by atoms with Crippen molar-refractivity contribution < 1.29 is 21.7 Å². The van der Waals surface area contributed by atoms with Crippen LogP contribution in [0.15, 0.2) is 33.9 Å². The highest BCUT2D eigenvalue weighted by molar-refractivity contribution is 7.92. The Labute approximate surface area is 100 Å². The van der Waals surface area contributed by atoms with Gasteiger partial charge in [-0.2, -0.15) is 0 Å². The molecule has 0 saturated heterocycles.